The van der Waals surface area contributed by atoms with Gasteiger partial charge in [0.25, 0.3) is 0 Å². The van der Waals surface area contributed by atoms with Gasteiger partial charge in [-0.2, -0.15) is 4.89 Å². The summed E-state index contributed by atoms with van der Waals surface area (Å²) in [5.74, 6) is 0. The topological polar surface area (TPSA) is 37.3 Å². The van der Waals surface area contributed by atoms with Crippen LogP contribution in [-0.4, -0.2) is 11.1 Å². The van der Waals surface area contributed by atoms with E-state index >= 15 is 0 Å². The number of hydrogen-bond acceptors (Lipinski definition) is 1. The van der Waals surface area contributed by atoms with Crippen molar-refractivity contribution in [3.63, 3.8) is 0 Å². The van der Waals surface area contributed by atoms with Crippen LogP contribution in [0.25, 0.3) is 0 Å². The van der Waals surface area contributed by atoms with Crippen LogP contribution >= 0.6 is 8.03 Å². The van der Waals surface area contributed by atoms with E-state index < -0.39 is 8.03 Å². The van der Waals surface area contributed by atoms with Crippen LogP contribution in [0.15, 0.2) is 0 Å². The van der Waals surface area contributed by atoms with Gasteiger partial charge in [0, 0.05) is 40.8 Å². The first-order chi connectivity index (χ1) is 3.27. The zero-order valence-electron chi connectivity index (χ0n) is 4.92. The van der Waals surface area contributed by atoms with Crippen molar-refractivity contribution in [3.05, 3.63) is 0 Å². The molecule has 0 saturated heterocycles. The molecule has 0 saturated carbocycles. The van der Waals surface area contributed by atoms with Crippen LogP contribution in [-0.2, 0) is 4.57 Å². The van der Waals surface area contributed by atoms with Gasteiger partial charge < -0.3 is 0 Å². The van der Waals surface area contributed by atoms with Crippen molar-refractivity contribution in [2.45, 2.75) is 19.8 Å². The van der Waals surface area contributed by atoms with E-state index in [0.29, 0.717) is 6.16 Å². The molecular formula is C4H10NdO2P+. The Labute approximate surface area is 83.4 Å². The van der Waals surface area contributed by atoms with E-state index in [2.05, 4.69) is 0 Å². The molecule has 0 aliphatic heterocycles. The monoisotopic (exact) mass is 263 g/mol. The van der Waals surface area contributed by atoms with Gasteiger partial charge in [-0.15, -0.1) is 0 Å². The molecule has 4 heteroatoms. The first kappa shape index (κ1) is 12.1. The van der Waals surface area contributed by atoms with Crippen molar-refractivity contribution in [2.24, 2.45) is 0 Å². The molecule has 8 heavy (non-hydrogen) atoms. The van der Waals surface area contributed by atoms with Gasteiger partial charge in [-0.25, -0.2) is 0 Å². The quantitative estimate of drug-likeness (QED) is 0.786. The Morgan fingerprint density at radius 1 is 1.62 bits per heavy atom. The number of hydrogen-bond donors (Lipinski definition) is 1. The van der Waals surface area contributed by atoms with Gasteiger partial charge in [-0.1, -0.05) is 13.3 Å². The molecule has 2 nitrogen and oxygen atoms in total. The molecule has 0 rings (SSSR count). The predicted octanol–water partition coefficient (Wildman–Crippen LogP) is 1.52. The normalized spacial score (nSPS) is 10.0. The van der Waals surface area contributed by atoms with Crippen molar-refractivity contribution >= 4 is 8.03 Å². The third kappa shape index (κ3) is 10.4. The maximum atomic E-state index is 9.91. The minimum atomic E-state index is -1.86. The van der Waals surface area contributed by atoms with Gasteiger partial charge in [0.1, 0.15) is 0 Å². The summed E-state index contributed by atoms with van der Waals surface area (Å²) in [6, 6.07) is 0. The third-order valence-corrected chi connectivity index (χ3v) is 1.40. The second-order valence-corrected chi connectivity index (χ2v) is 2.58. The molecule has 0 bridgehead atoms. The zero-order chi connectivity index (χ0) is 5.70. The Kier molecular flexibility index (Phi) is 12.7. The van der Waals surface area contributed by atoms with Gasteiger partial charge >= 0.3 is 8.03 Å². The Morgan fingerprint density at radius 2 is 2.12 bits per heavy atom. The largest absolute Gasteiger partial charge is 0.505 e. The van der Waals surface area contributed by atoms with Crippen LogP contribution in [0.1, 0.15) is 19.8 Å². The molecule has 0 aromatic heterocycles. The van der Waals surface area contributed by atoms with Crippen LogP contribution in [0.4, 0.5) is 0 Å². The van der Waals surface area contributed by atoms with Crippen molar-refractivity contribution in [3.8, 4) is 0 Å². The van der Waals surface area contributed by atoms with Crippen LogP contribution in [0.5, 0.6) is 0 Å². The molecule has 0 heterocycles. The van der Waals surface area contributed by atoms with Gasteiger partial charge in [-0.05, 0) is 11.0 Å². The molecule has 0 aliphatic carbocycles. The predicted molar refractivity (Wildman–Crippen MR) is 29.6 cm³/mol. The van der Waals surface area contributed by atoms with Crippen LogP contribution < -0.4 is 0 Å². The third-order valence-electron chi connectivity index (χ3n) is 0.703. The fourth-order valence-corrected chi connectivity index (χ4v) is 0.880. The fraction of sp³-hybridized carbons (Fsp3) is 1.00. The first-order valence-corrected chi connectivity index (χ1v) is 3.80. The van der Waals surface area contributed by atoms with E-state index in [1.165, 1.54) is 0 Å². The van der Waals surface area contributed by atoms with Crippen LogP contribution in [0, 0.1) is 40.8 Å². The molecule has 0 aliphatic rings. The summed E-state index contributed by atoms with van der Waals surface area (Å²) < 4.78 is 9.91. The first-order valence-electron chi connectivity index (χ1n) is 2.41. The smallest absolute Gasteiger partial charge is 0.161 e. The van der Waals surface area contributed by atoms with E-state index in [-0.39, 0.29) is 40.8 Å². The average molecular weight is 265 g/mol. The summed E-state index contributed by atoms with van der Waals surface area (Å²) >= 11 is 0. The number of rotatable bonds is 3. The summed E-state index contributed by atoms with van der Waals surface area (Å²) in [6.45, 7) is 2.00. The molecule has 0 radical (unpaired) electrons. The molecule has 0 aromatic carbocycles. The summed E-state index contributed by atoms with van der Waals surface area (Å²) in [5.41, 5.74) is 0. The van der Waals surface area contributed by atoms with Gasteiger partial charge in [0.15, 0.2) is 6.16 Å². The van der Waals surface area contributed by atoms with Crippen molar-refractivity contribution in [2.75, 3.05) is 6.16 Å². The van der Waals surface area contributed by atoms with E-state index in [4.69, 9.17) is 4.89 Å². The summed E-state index contributed by atoms with van der Waals surface area (Å²) in [7, 11) is -1.86. The van der Waals surface area contributed by atoms with Crippen LogP contribution in [0.3, 0.4) is 0 Å². The SMILES string of the molecule is CCCC[P+](=O)O.[Nd]. The Balaban J connectivity index is 0. The fourth-order valence-electron chi connectivity index (χ4n) is 0.293. The Hall–Kier alpha value is 1.41. The molecule has 0 amide bonds. The van der Waals surface area contributed by atoms with Crippen LogP contribution in [0.2, 0.25) is 0 Å². The van der Waals surface area contributed by atoms with Gasteiger partial charge in [0.05, 0.1) is 0 Å². The van der Waals surface area contributed by atoms with E-state index in [1.54, 1.807) is 0 Å². The van der Waals surface area contributed by atoms with E-state index in [9.17, 15) is 4.57 Å². The molecule has 1 atom stereocenters. The minimum absolute atomic E-state index is 0. The van der Waals surface area contributed by atoms with E-state index in [0.717, 1.165) is 12.8 Å². The summed E-state index contributed by atoms with van der Waals surface area (Å²) in [5, 5.41) is 0. The minimum Gasteiger partial charge on any atom is -0.161 e. The van der Waals surface area contributed by atoms with E-state index in [1.807, 2.05) is 6.92 Å². The molecule has 1 N–H and O–H groups in total. The van der Waals surface area contributed by atoms with Crippen molar-refractivity contribution in [1.82, 2.24) is 0 Å². The molecule has 1 unspecified atom stereocenters. The molecule has 0 spiro atoms. The molecule has 0 aromatic rings. The van der Waals surface area contributed by atoms with Gasteiger partial charge in [-0.3, -0.25) is 0 Å². The second-order valence-electron chi connectivity index (χ2n) is 1.43. The maximum Gasteiger partial charge on any atom is 0.505 e. The standard InChI is InChI=1S/C4H9O2P.Nd/c1-2-3-4-7(5)6;/h2-4H2,1H3;/p+1. The average Bonchev–Trinajstić information content (AvgIpc) is 1.61. The molecular weight excluding hydrogens is 255 g/mol. The summed E-state index contributed by atoms with van der Waals surface area (Å²) in [4.78, 5) is 8.19. The molecule has 0 fully saturated rings. The zero-order valence-corrected chi connectivity index (χ0v) is 9.03. The Bertz CT molecular complexity index is 67.1. The summed E-state index contributed by atoms with van der Waals surface area (Å²) in [6.07, 6.45) is 2.33. The maximum absolute atomic E-state index is 9.91. The van der Waals surface area contributed by atoms with Crippen molar-refractivity contribution in [1.29, 1.82) is 0 Å². The van der Waals surface area contributed by atoms with Crippen molar-refractivity contribution < 1.29 is 50.3 Å². The van der Waals surface area contributed by atoms with Gasteiger partial charge in [0.2, 0.25) is 0 Å². The number of unbranched alkanes of at least 4 members (excludes halogenated alkanes) is 1. The molecule has 46 valence electrons. The second kappa shape index (κ2) is 8.41. The Morgan fingerprint density at radius 3 is 2.25 bits per heavy atom.